The molecular weight excluding hydrogens is 268 g/mol. The summed E-state index contributed by atoms with van der Waals surface area (Å²) < 4.78 is 5.47. The Morgan fingerprint density at radius 2 is 2.05 bits per heavy atom. The molecule has 5 heteroatoms. The number of hydrogen-bond acceptors (Lipinski definition) is 3. The van der Waals surface area contributed by atoms with Crippen molar-refractivity contribution in [2.24, 2.45) is 0 Å². The molecule has 0 aliphatic carbocycles. The van der Waals surface area contributed by atoms with Crippen molar-refractivity contribution in [3.8, 4) is 5.75 Å². The van der Waals surface area contributed by atoms with E-state index in [4.69, 9.17) is 4.74 Å². The summed E-state index contributed by atoms with van der Waals surface area (Å²) in [6.45, 7) is 6.21. The molecule has 0 radical (unpaired) electrons. The summed E-state index contributed by atoms with van der Waals surface area (Å²) in [4.78, 5) is 26.3. The van der Waals surface area contributed by atoms with Gasteiger partial charge in [-0.05, 0) is 32.4 Å². The number of nitrogens with zero attached hydrogens (tertiary/aromatic N) is 1. The minimum atomic E-state index is -0.512. The zero-order valence-corrected chi connectivity index (χ0v) is 12.8. The Morgan fingerprint density at radius 3 is 2.71 bits per heavy atom. The van der Waals surface area contributed by atoms with Gasteiger partial charge in [0.2, 0.25) is 11.8 Å². The number of carbonyl (C=O) groups is 2. The molecule has 2 rings (SSSR count). The minimum Gasteiger partial charge on any atom is -0.494 e. The second-order valence-electron chi connectivity index (χ2n) is 5.16. The van der Waals surface area contributed by atoms with Crippen LogP contribution in [0.5, 0.6) is 5.75 Å². The number of rotatable bonds is 5. The lowest BCUT2D eigenvalue weighted by molar-refractivity contribution is -0.133. The Hall–Kier alpha value is -2.04. The number of amides is 2. The second kappa shape index (κ2) is 6.61. The molecule has 1 aliphatic rings. The second-order valence-corrected chi connectivity index (χ2v) is 5.16. The maximum atomic E-state index is 12.6. The summed E-state index contributed by atoms with van der Waals surface area (Å²) in [7, 11) is 0. The number of carbonyl (C=O) groups excluding carboxylic acids is 2. The van der Waals surface area contributed by atoms with Crippen LogP contribution >= 0.6 is 0 Å². The molecule has 0 spiro atoms. The normalized spacial score (nSPS) is 22.1. The van der Waals surface area contributed by atoms with Gasteiger partial charge in [-0.2, -0.15) is 0 Å². The van der Waals surface area contributed by atoms with Crippen LogP contribution in [0.1, 0.15) is 33.6 Å². The highest BCUT2D eigenvalue weighted by Gasteiger charge is 2.38. The van der Waals surface area contributed by atoms with Crippen molar-refractivity contribution in [2.45, 2.75) is 45.7 Å². The highest BCUT2D eigenvalue weighted by Crippen LogP contribution is 2.26. The number of ether oxygens (including phenoxy) is 1. The van der Waals surface area contributed by atoms with E-state index >= 15 is 0 Å². The molecule has 5 nitrogen and oxygen atoms in total. The number of hydrogen-bond donors (Lipinski definition) is 1. The lowest BCUT2D eigenvalue weighted by Crippen LogP contribution is -2.62. The molecule has 1 aromatic carbocycles. The quantitative estimate of drug-likeness (QED) is 0.903. The van der Waals surface area contributed by atoms with E-state index in [-0.39, 0.29) is 11.8 Å². The predicted octanol–water partition coefficient (Wildman–Crippen LogP) is 2.11. The van der Waals surface area contributed by atoms with Crippen LogP contribution in [0.3, 0.4) is 0 Å². The molecule has 1 aliphatic heterocycles. The first-order chi connectivity index (χ1) is 10.1. The maximum Gasteiger partial charge on any atom is 0.250 e. The average Bonchev–Trinajstić information content (AvgIpc) is 2.46. The van der Waals surface area contributed by atoms with E-state index in [1.165, 1.54) is 0 Å². The molecule has 2 unspecified atom stereocenters. The van der Waals surface area contributed by atoms with Crippen molar-refractivity contribution in [1.82, 2.24) is 5.32 Å². The van der Waals surface area contributed by atoms with Crippen molar-refractivity contribution < 1.29 is 14.3 Å². The van der Waals surface area contributed by atoms with Crippen molar-refractivity contribution in [1.29, 1.82) is 0 Å². The first-order valence-corrected chi connectivity index (χ1v) is 7.44. The molecular formula is C16H22N2O3. The maximum absolute atomic E-state index is 12.6. The Morgan fingerprint density at radius 1 is 1.29 bits per heavy atom. The smallest absolute Gasteiger partial charge is 0.250 e. The van der Waals surface area contributed by atoms with Crippen LogP contribution in [-0.4, -0.2) is 30.5 Å². The first-order valence-electron chi connectivity index (χ1n) is 7.44. The summed E-state index contributed by atoms with van der Waals surface area (Å²) >= 11 is 0. The molecule has 1 saturated heterocycles. The van der Waals surface area contributed by atoms with Gasteiger partial charge in [0.05, 0.1) is 6.61 Å². The summed E-state index contributed by atoms with van der Waals surface area (Å²) in [5.41, 5.74) is 0.703. The molecule has 0 bridgehead atoms. The van der Waals surface area contributed by atoms with Gasteiger partial charge in [-0.25, -0.2) is 0 Å². The van der Waals surface area contributed by atoms with Gasteiger partial charge in [0.15, 0.2) is 0 Å². The molecule has 1 heterocycles. The zero-order valence-electron chi connectivity index (χ0n) is 12.8. The van der Waals surface area contributed by atoms with E-state index in [1.807, 2.05) is 32.0 Å². The Kier molecular flexibility index (Phi) is 4.83. The van der Waals surface area contributed by atoms with Crippen molar-refractivity contribution in [2.75, 3.05) is 11.5 Å². The van der Waals surface area contributed by atoms with Gasteiger partial charge >= 0.3 is 0 Å². The van der Waals surface area contributed by atoms with Gasteiger partial charge in [0.1, 0.15) is 17.8 Å². The van der Waals surface area contributed by atoms with Crippen LogP contribution in [0.2, 0.25) is 0 Å². The van der Waals surface area contributed by atoms with Crippen molar-refractivity contribution in [3.63, 3.8) is 0 Å². The van der Waals surface area contributed by atoms with Gasteiger partial charge in [-0.1, -0.05) is 19.4 Å². The molecule has 1 aromatic rings. The Bertz CT molecular complexity index is 530. The topological polar surface area (TPSA) is 58.6 Å². The van der Waals surface area contributed by atoms with E-state index in [9.17, 15) is 9.59 Å². The molecule has 2 atom stereocenters. The SMILES string of the molecule is CCCC1NC(=O)C(C)N(c2cccc(OCC)c2)C1=O. The van der Waals surface area contributed by atoms with Gasteiger partial charge < -0.3 is 10.1 Å². The summed E-state index contributed by atoms with van der Waals surface area (Å²) in [5.74, 6) is 0.528. The number of nitrogens with one attached hydrogen (secondary N) is 1. The van der Waals surface area contributed by atoms with Gasteiger partial charge in [0, 0.05) is 11.8 Å². The molecule has 0 aromatic heterocycles. The lowest BCUT2D eigenvalue weighted by atomic mass is 10.0. The van der Waals surface area contributed by atoms with Crippen LogP contribution in [-0.2, 0) is 9.59 Å². The first kappa shape index (κ1) is 15.4. The van der Waals surface area contributed by atoms with Crippen LogP contribution in [0, 0.1) is 0 Å². The molecule has 2 amide bonds. The van der Waals surface area contributed by atoms with Crippen LogP contribution < -0.4 is 15.0 Å². The largest absolute Gasteiger partial charge is 0.494 e. The number of piperazine rings is 1. The Labute approximate surface area is 125 Å². The molecule has 114 valence electrons. The standard InChI is InChI=1S/C16H22N2O3/c1-4-7-14-16(20)18(11(3)15(19)17-14)12-8-6-9-13(10-12)21-5-2/h6,8-11,14H,4-5,7H2,1-3H3,(H,17,19). The molecule has 21 heavy (non-hydrogen) atoms. The lowest BCUT2D eigenvalue weighted by Gasteiger charge is -2.37. The molecule has 1 N–H and O–H groups in total. The third kappa shape index (κ3) is 3.17. The number of benzene rings is 1. The van der Waals surface area contributed by atoms with Crippen molar-refractivity contribution >= 4 is 17.5 Å². The Balaban J connectivity index is 2.32. The van der Waals surface area contributed by atoms with E-state index in [1.54, 1.807) is 17.9 Å². The number of anilines is 1. The third-order valence-electron chi connectivity index (χ3n) is 3.60. The highest BCUT2D eigenvalue weighted by atomic mass is 16.5. The van der Waals surface area contributed by atoms with Crippen LogP contribution in [0.25, 0.3) is 0 Å². The van der Waals surface area contributed by atoms with Crippen LogP contribution in [0.15, 0.2) is 24.3 Å². The fourth-order valence-corrected chi connectivity index (χ4v) is 2.56. The monoisotopic (exact) mass is 290 g/mol. The molecule has 1 fully saturated rings. The fraction of sp³-hybridized carbons (Fsp3) is 0.500. The van der Waals surface area contributed by atoms with Gasteiger partial charge in [-0.3, -0.25) is 14.5 Å². The van der Waals surface area contributed by atoms with Crippen LogP contribution in [0.4, 0.5) is 5.69 Å². The average molecular weight is 290 g/mol. The van der Waals surface area contributed by atoms with Crippen molar-refractivity contribution in [3.05, 3.63) is 24.3 Å². The molecule has 0 saturated carbocycles. The zero-order chi connectivity index (χ0) is 15.4. The highest BCUT2D eigenvalue weighted by molar-refractivity contribution is 6.08. The minimum absolute atomic E-state index is 0.0578. The summed E-state index contributed by atoms with van der Waals surface area (Å²) in [6.07, 6.45) is 1.50. The van der Waals surface area contributed by atoms with E-state index in [0.717, 1.165) is 6.42 Å². The van der Waals surface area contributed by atoms with E-state index < -0.39 is 12.1 Å². The van der Waals surface area contributed by atoms with E-state index in [0.29, 0.717) is 24.5 Å². The fourth-order valence-electron chi connectivity index (χ4n) is 2.56. The summed E-state index contributed by atoms with van der Waals surface area (Å²) in [6, 6.07) is 6.37. The summed E-state index contributed by atoms with van der Waals surface area (Å²) in [5, 5.41) is 2.79. The van der Waals surface area contributed by atoms with E-state index in [2.05, 4.69) is 5.32 Å². The predicted molar refractivity (Wildman–Crippen MR) is 81.4 cm³/mol. The van der Waals surface area contributed by atoms with Gasteiger partial charge in [-0.15, -0.1) is 0 Å². The van der Waals surface area contributed by atoms with Gasteiger partial charge in [0.25, 0.3) is 0 Å². The third-order valence-corrected chi connectivity index (χ3v) is 3.60.